The van der Waals surface area contributed by atoms with E-state index in [9.17, 15) is 9.18 Å². The Morgan fingerprint density at radius 3 is 2.76 bits per heavy atom. The van der Waals surface area contributed by atoms with Crippen LogP contribution < -0.4 is 5.32 Å². The van der Waals surface area contributed by atoms with Crippen LogP contribution in [-0.2, 0) is 0 Å². The number of carbonyl (C=O) groups is 1. The molecule has 1 aromatic carbocycles. The van der Waals surface area contributed by atoms with Gasteiger partial charge >= 0.3 is 0 Å². The highest BCUT2D eigenvalue weighted by Crippen LogP contribution is 2.31. The summed E-state index contributed by atoms with van der Waals surface area (Å²) in [6.45, 7) is 1.70. The molecule has 1 N–H and O–H groups in total. The van der Waals surface area contributed by atoms with Gasteiger partial charge in [-0.05, 0) is 60.3 Å². The molecule has 3 nitrogen and oxygen atoms in total. The van der Waals surface area contributed by atoms with E-state index in [-0.39, 0.29) is 17.5 Å². The van der Waals surface area contributed by atoms with Crippen molar-refractivity contribution in [3.8, 4) is 0 Å². The molecule has 1 aromatic rings. The van der Waals surface area contributed by atoms with Gasteiger partial charge in [0.2, 0.25) is 0 Å². The molecule has 1 aliphatic heterocycles. The van der Waals surface area contributed by atoms with Gasteiger partial charge in [-0.3, -0.25) is 4.79 Å². The molecule has 1 saturated heterocycles. The van der Waals surface area contributed by atoms with Crippen LogP contribution in [0.4, 0.5) is 4.39 Å². The zero-order valence-corrected chi connectivity index (χ0v) is 13.5. The minimum Gasteiger partial charge on any atom is -0.334 e. The molecular formula is C16H20BrFN2O. The number of nitrogens with one attached hydrogen (secondary N) is 1. The highest BCUT2D eigenvalue weighted by atomic mass is 79.9. The Morgan fingerprint density at radius 1 is 1.33 bits per heavy atom. The third kappa shape index (κ3) is 3.46. The first kappa shape index (κ1) is 15.0. The SMILES string of the molecule is O=C(c1c(F)cccc1Br)N(CC1CCCCN1)C1CC1. The standard InChI is InChI=1S/C16H20BrFN2O/c17-13-5-3-6-14(18)15(13)16(21)20(12-7-8-12)10-11-4-1-2-9-19-11/h3,5-6,11-12,19H,1-2,4,7-10H2. The molecule has 0 aromatic heterocycles. The third-order valence-electron chi connectivity index (χ3n) is 4.25. The van der Waals surface area contributed by atoms with Crippen LogP contribution in [0.2, 0.25) is 0 Å². The average molecular weight is 355 g/mol. The van der Waals surface area contributed by atoms with Crippen molar-refractivity contribution in [2.75, 3.05) is 13.1 Å². The predicted molar refractivity (Wildman–Crippen MR) is 83.8 cm³/mol. The second-order valence-electron chi connectivity index (χ2n) is 5.93. The lowest BCUT2D eigenvalue weighted by Gasteiger charge is -2.31. The summed E-state index contributed by atoms with van der Waals surface area (Å²) < 4.78 is 14.6. The highest BCUT2D eigenvalue weighted by Gasteiger charge is 2.36. The Balaban J connectivity index is 1.78. The van der Waals surface area contributed by atoms with Crippen LogP contribution in [0.25, 0.3) is 0 Å². The molecule has 5 heteroatoms. The summed E-state index contributed by atoms with van der Waals surface area (Å²) in [6, 6.07) is 5.31. The molecule has 2 fully saturated rings. The van der Waals surface area contributed by atoms with Crippen LogP contribution in [0.3, 0.4) is 0 Å². The van der Waals surface area contributed by atoms with E-state index in [4.69, 9.17) is 0 Å². The lowest BCUT2D eigenvalue weighted by molar-refractivity contribution is 0.0712. The van der Waals surface area contributed by atoms with Gasteiger partial charge < -0.3 is 10.2 Å². The molecule has 1 aliphatic carbocycles. The van der Waals surface area contributed by atoms with E-state index in [1.165, 1.54) is 18.9 Å². The van der Waals surface area contributed by atoms with Gasteiger partial charge in [0, 0.05) is 23.1 Å². The van der Waals surface area contributed by atoms with E-state index in [0.717, 1.165) is 25.8 Å². The first-order valence-electron chi connectivity index (χ1n) is 7.65. The van der Waals surface area contributed by atoms with Gasteiger partial charge in [0.15, 0.2) is 0 Å². The molecule has 1 heterocycles. The van der Waals surface area contributed by atoms with E-state index in [0.29, 0.717) is 17.1 Å². The second-order valence-corrected chi connectivity index (χ2v) is 6.79. The fourth-order valence-corrected chi connectivity index (χ4v) is 3.46. The molecule has 21 heavy (non-hydrogen) atoms. The molecule has 1 amide bonds. The second kappa shape index (κ2) is 6.44. The van der Waals surface area contributed by atoms with Crippen LogP contribution in [0.5, 0.6) is 0 Å². The fourth-order valence-electron chi connectivity index (χ4n) is 2.95. The lowest BCUT2D eigenvalue weighted by atomic mass is 10.0. The first-order chi connectivity index (χ1) is 10.2. The van der Waals surface area contributed by atoms with Crippen molar-refractivity contribution in [2.24, 2.45) is 0 Å². The van der Waals surface area contributed by atoms with E-state index in [1.807, 2.05) is 4.90 Å². The number of piperidine rings is 1. The summed E-state index contributed by atoms with van der Waals surface area (Å²) in [4.78, 5) is 14.6. The van der Waals surface area contributed by atoms with Crippen molar-refractivity contribution in [1.29, 1.82) is 0 Å². The maximum atomic E-state index is 14.0. The van der Waals surface area contributed by atoms with Crippen LogP contribution in [-0.4, -0.2) is 36.0 Å². The molecule has 0 bridgehead atoms. The molecule has 2 aliphatic rings. The third-order valence-corrected chi connectivity index (χ3v) is 4.92. The molecule has 0 spiro atoms. The molecule has 1 atom stereocenters. The topological polar surface area (TPSA) is 32.3 Å². The average Bonchev–Trinajstić information content (AvgIpc) is 3.30. The quantitative estimate of drug-likeness (QED) is 0.899. The monoisotopic (exact) mass is 354 g/mol. The van der Waals surface area contributed by atoms with E-state index in [1.54, 1.807) is 12.1 Å². The minimum absolute atomic E-state index is 0.167. The minimum atomic E-state index is -0.448. The number of carbonyl (C=O) groups excluding carboxylic acids is 1. The van der Waals surface area contributed by atoms with E-state index < -0.39 is 5.82 Å². The Labute approximate surface area is 133 Å². The van der Waals surface area contributed by atoms with Crippen molar-refractivity contribution >= 4 is 21.8 Å². The number of hydrogen-bond acceptors (Lipinski definition) is 2. The Morgan fingerprint density at radius 2 is 2.14 bits per heavy atom. The van der Waals surface area contributed by atoms with Gasteiger partial charge in [-0.2, -0.15) is 0 Å². The molecule has 114 valence electrons. The number of rotatable bonds is 4. The van der Waals surface area contributed by atoms with Gasteiger partial charge in [0.1, 0.15) is 5.82 Å². The Bertz CT molecular complexity index is 507. The van der Waals surface area contributed by atoms with Crippen LogP contribution >= 0.6 is 15.9 Å². The van der Waals surface area contributed by atoms with Crippen molar-refractivity contribution in [3.05, 3.63) is 34.1 Å². The van der Waals surface area contributed by atoms with E-state index >= 15 is 0 Å². The van der Waals surface area contributed by atoms with Gasteiger partial charge in [0.25, 0.3) is 5.91 Å². The van der Waals surface area contributed by atoms with Crippen LogP contribution in [0, 0.1) is 5.82 Å². The Kier molecular flexibility index (Phi) is 4.60. The highest BCUT2D eigenvalue weighted by molar-refractivity contribution is 9.10. The zero-order chi connectivity index (χ0) is 14.8. The summed E-state index contributed by atoms with van der Waals surface area (Å²) in [5.74, 6) is -0.633. The molecule has 1 unspecified atom stereocenters. The molecule has 1 saturated carbocycles. The Hall–Kier alpha value is -0.940. The number of amides is 1. The van der Waals surface area contributed by atoms with Crippen LogP contribution in [0.1, 0.15) is 42.5 Å². The number of halogens is 2. The smallest absolute Gasteiger partial charge is 0.258 e. The van der Waals surface area contributed by atoms with Crippen molar-refractivity contribution < 1.29 is 9.18 Å². The molecule has 0 radical (unpaired) electrons. The van der Waals surface area contributed by atoms with Crippen molar-refractivity contribution in [3.63, 3.8) is 0 Å². The summed E-state index contributed by atoms with van der Waals surface area (Å²) in [7, 11) is 0. The van der Waals surface area contributed by atoms with Gasteiger partial charge in [-0.15, -0.1) is 0 Å². The maximum absolute atomic E-state index is 14.0. The maximum Gasteiger partial charge on any atom is 0.258 e. The largest absolute Gasteiger partial charge is 0.334 e. The summed E-state index contributed by atoms with van der Waals surface area (Å²) >= 11 is 3.31. The number of benzene rings is 1. The lowest BCUT2D eigenvalue weighted by Crippen LogP contribution is -2.46. The van der Waals surface area contributed by atoms with Gasteiger partial charge in [0.05, 0.1) is 5.56 Å². The number of nitrogens with zero attached hydrogens (tertiary/aromatic N) is 1. The van der Waals surface area contributed by atoms with Gasteiger partial charge in [-0.1, -0.05) is 12.5 Å². The molecular weight excluding hydrogens is 335 g/mol. The van der Waals surface area contributed by atoms with E-state index in [2.05, 4.69) is 21.2 Å². The first-order valence-corrected chi connectivity index (χ1v) is 8.44. The van der Waals surface area contributed by atoms with Gasteiger partial charge in [-0.25, -0.2) is 4.39 Å². The fraction of sp³-hybridized carbons (Fsp3) is 0.562. The summed E-state index contributed by atoms with van der Waals surface area (Å²) in [6.07, 6.45) is 5.56. The van der Waals surface area contributed by atoms with Crippen LogP contribution in [0.15, 0.2) is 22.7 Å². The summed E-state index contributed by atoms with van der Waals surface area (Å²) in [5, 5.41) is 3.47. The molecule has 3 rings (SSSR count). The normalized spacial score (nSPS) is 22.1. The number of hydrogen-bond donors (Lipinski definition) is 1. The summed E-state index contributed by atoms with van der Waals surface area (Å²) in [5.41, 5.74) is 0.167. The van der Waals surface area contributed by atoms with Crippen molar-refractivity contribution in [2.45, 2.75) is 44.2 Å². The van der Waals surface area contributed by atoms with Crippen molar-refractivity contribution in [1.82, 2.24) is 10.2 Å². The zero-order valence-electron chi connectivity index (χ0n) is 11.9. The predicted octanol–water partition coefficient (Wildman–Crippen LogP) is 3.33.